The monoisotopic (exact) mass is 773 g/mol. The Labute approximate surface area is 342 Å². The van der Waals surface area contributed by atoms with Crippen LogP contribution in [0.3, 0.4) is 0 Å². The number of unbranched alkanes of at least 4 members (excludes halogenated alkanes) is 9. The first kappa shape index (κ1) is 51.8. The molecule has 0 heterocycles. The number of hydrogen-bond acceptors (Lipinski definition) is 6. The molecule has 0 amide bonds. The van der Waals surface area contributed by atoms with Gasteiger partial charge in [-0.05, 0) is 89.9 Å². The van der Waals surface area contributed by atoms with Crippen LogP contribution in [-0.4, -0.2) is 37.2 Å². The highest BCUT2D eigenvalue weighted by molar-refractivity contribution is 5.71. The van der Waals surface area contributed by atoms with Gasteiger partial charge in [0.15, 0.2) is 6.10 Å². The standard InChI is InChI=1S/C50H76O6/c1-4-7-10-13-16-19-21-22-23-24-25-26-27-29-31-34-37-40-43-49(52)55-46-47(45-54-48(51)42-39-36-33-30-18-15-12-9-6-3)56-50(53)44-41-38-35-32-28-20-17-14-11-8-5-2/h8-13,16-26,30,32,35,47H,4-7,14-15,27-29,31,33-34,36-46H2,1-3H3/b11-8-,12-9-,13-10-,19-16-,20-17-,22-21-,24-23-,26-25-,30-18-,35-32-. The van der Waals surface area contributed by atoms with Crippen molar-refractivity contribution in [3.63, 3.8) is 0 Å². The Morgan fingerprint density at radius 1 is 0.393 bits per heavy atom. The molecule has 6 heteroatoms. The van der Waals surface area contributed by atoms with E-state index in [0.717, 1.165) is 96.3 Å². The van der Waals surface area contributed by atoms with Crippen molar-refractivity contribution in [1.82, 2.24) is 0 Å². The minimum atomic E-state index is -0.828. The van der Waals surface area contributed by atoms with Gasteiger partial charge in [-0.2, -0.15) is 0 Å². The maximum Gasteiger partial charge on any atom is 0.306 e. The van der Waals surface area contributed by atoms with Gasteiger partial charge in [0.2, 0.25) is 0 Å². The van der Waals surface area contributed by atoms with Gasteiger partial charge in [0.05, 0.1) is 0 Å². The van der Waals surface area contributed by atoms with Crippen molar-refractivity contribution in [2.45, 2.75) is 162 Å². The number of rotatable bonds is 36. The summed E-state index contributed by atoms with van der Waals surface area (Å²) in [6.45, 7) is 6.16. The lowest BCUT2D eigenvalue weighted by Gasteiger charge is -2.18. The Bertz CT molecular complexity index is 1260. The molecule has 6 nitrogen and oxygen atoms in total. The summed E-state index contributed by atoms with van der Waals surface area (Å²) in [6, 6.07) is 0. The zero-order chi connectivity index (χ0) is 40.8. The number of allylic oxidation sites excluding steroid dienone is 20. The van der Waals surface area contributed by atoms with Gasteiger partial charge in [-0.1, -0.05) is 168 Å². The van der Waals surface area contributed by atoms with E-state index in [2.05, 4.69) is 106 Å². The second-order valence-electron chi connectivity index (χ2n) is 13.6. The molecule has 0 fully saturated rings. The van der Waals surface area contributed by atoms with Crippen molar-refractivity contribution in [2.24, 2.45) is 0 Å². The fourth-order valence-corrected chi connectivity index (χ4v) is 5.12. The highest BCUT2D eigenvalue weighted by Crippen LogP contribution is 2.10. The molecule has 0 saturated heterocycles. The zero-order valence-electron chi connectivity index (χ0n) is 35.3. The summed E-state index contributed by atoms with van der Waals surface area (Å²) in [4.78, 5) is 37.6. The first-order valence-corrected chi connectivity index (χ1v) is 21.6. The van der Waals surface area contributed by atoms with Gasteiger partial charge in [-0.25, -0.2) is 0 Å². The molecule has 1 unspecified atom stereocenters. The average molecular weight is 773 g/mol. The summed E-state index contributed by atoms with van der Waals surface area (Å²) >= 11 is 0. The molecule has 0 radical (unpaired) electrons. The number of ether oxygens (including phenoxy) is 3. The van der Waals surface area contributed by atoms with Crippen molar-refractivity contribution >= 4 is 17.9 Å². The van der Waals surface area contributed by atoms with Crippen LogP contribution in [0.1, 0.15) is 156 Å². The highest BCUT2D eigenvalue weighted by Gasteiger charge is 2.19. The van der Waals surface area contributed by atoms with Crippen molar-refractivity contribution in [1.29, 1.82) is 0 Å². The van der Waals surface area contributed by atoms with Gasteiger partial charge in [-0.15, -0.1) is 0 Å². The smallest absolute Gasteiger partial charge is 0.306 e. The van der Waals surface area contributed by atoms with Gasteiger partial charge in [0.25, 0.3) is 0 Å². The largest absolute Gasteiger partial charge is 0.462 e. The molecule has 0 rings (SSSR count). The minimum absolute atomic E-state index is 0.127. The van der Waals surface area contributed by atoms with Gasteiger partial charge in [-0.3, -0.25) is 14.4 Å². The van der Waals surface area contributed by atoms with E-state index in [1.807, 2.05) is 36.5 Å². The second kappa shape index (κ2) is 43.5. The van der Waals surface area contributed by atoms with Crippen molar-refractivity contribution < 1.29 is 28.6 Å². The third-order valence-electron chi connectivity index (χ3n) is 8.29. The number of carbonyl (C=O) groups excluding carboxylic acids is 3. The zero-order valence-corrected chi connectivity index (χ0v) is 35.3. The molecule has 312 valence electrons. The molecule has 0 aliphatic rings. The molecule has 0 spiro atoms. The highest BCUT2D eigenvalue weighted by atomic mass is 16.6. The minimum Gasteiger partial charge on any atom is -0.462 e. The van der Waals surface area contributed by atoms with Crippen LogP contribution in [0.15, 0.2) is 122 Å². The summed E-state index contributed by atoms with van der Waals surface area (Å²) in [5.41, 5.74) is 0. The SMILES string of the molecule is CC/C=C\C/C=C\C/C=C\CCCC(=O)OC(COC(=O)CCCC/C=C\C/C=C\CC)COC(=O)CCCCCCC\C=C/C=C\C=C/C=C\C=C/CCC. The van der Waals surface area contributed by atoms with E-state index >= 15 is 0 Å². The topological polar surface area (TPSA) is 78.9 Å². The van der Waals surface area contributed by atoms with E-state index in [4.69, 9.17) is 14.2 Å². The van der Waals surface area contributed by atoms with Crippen LogP contribution in [0.4, 0.5) is 0 Å². The summed E-state index contributed by atoms with van der Waals surface area (Å²) in [5.74, 6) is -1.06. The van der Waals surface area contributed by atoms with Crippen LogP contribution in [0.25, 0.3) is 0 Å². The summed E-state index contributed by atoms with van der Waals surface area (Å²) in [5, 5.41) is 0. The van der Waals surface area contributed by atoms with Gasteiger partial charge >= 0.3 is 17.9 Å². The van der Waals surface area contributed by atoms with Crippen LogP contribution < -0.4 is 0 Å². The van der Waals surface area contributed by atoms with Gasteiger partial charge < -0.3 is 14.2 Å². The maximum atomic E-state index is 12.6. The van der Waals surface area contributed by atoms with E-state index in [1.54, 1.807) is 0 Å². The molecule has 56 heavy (non-hydrogen) atoms. The van der Waals surface area contributed by atoms with Crippen LogP contribution in [0, 0.1) is 0 Å². The molecule has 0 aromatic carbocycles. The summed E-state index contributed by atoms with van der Waals surface area (Å²) < 4.78 is 16.5. The lowest BCUT2D eigenvalue weighted by atomic mass is 10.1. The van der Waals surface area contributed by atoms with E-state index in [1.165, 1.54) is 6.42 Å². The van der Waals surface area contributed by atoms with Crippen LogP contribution in [0.5, 0.6) is 0 Å². The summed E-state index contributed by atoms with van der Waals surface area (Å²) in [7, 11) is 0. The van der Waals surface area contributed by atoms with Crippen molar-refractivity contribution in [3.05, 3.63) is 122 Å². The average Bonchev–Trinajstić information content (AvgIpc) is 3.19. The van der Waals surface area contributed by atoms with Gasteiger partial charge in [0, 0.05) is 19.3 Å². The first-order chi connectivity index (χ1) is 27.5. The fourth-order valence-electron chi connectivity index (χ4n) is 5.12. The number of carbonyl (C=O) groups is 3. The quantitative estimate of drug-likeness (QED) is 0.0207. The molecule has 0 N–H and O–H groups in total. The Morgan fingerprint density at radius 3 is 1.34 bits per heavy atom. The molecular weight excluding hydrogens is 697 g/mol. The third kappa shape index (κ3) is 41.0. The van der Waals surface area contributed by atoms with E-state index in [9.17, 15) is 14.4 Å². The predicted molar refractivity (Wildman–Crippen MR) is 237 cm³/mol. The molecule has 0 bridgehead atoms. The Morgan fingerprint density at radius 2 is 0.786 bits per heavy atom. The van der Waals surface area contributed by atoms with E-state index in [0.29, 0.717) is 25.7 Å². The molecule has 0 aliphatic heterocycles. The third-order valence-corrected chi connectivity index (χ3v) is 8.29. The Kier molecular flexibility index (Phi) is 40.3. The molecular formula is C50H76O6. The summed E-state index contributed by atoms with van der Waals surface area (Å²) in [6.07, 6.45) is 59.1. The second-order valence-corrected chi connectivity index (χ2v) is 13.6. The van der Waals surface area contributed by atoms with Crippen LogP contribution in [0.2, 0.25) is 0 Å². The Balaban J connectivity index is 4.51. The number of esters is 3. The molecule has 0 aromatic heterocycles. The molecule has 0 aliphatic carbocycles. The lowest BCUT2D eigenvalue weighted by Crippen LogP contribution is -2.30. The van der Waals surface area contributed by atoms with Gasteiger partial charge in [0.1, 0.15) is 13.2 Å². The van der Waals surface area contributed by atoms with Crippen LogP contribution in [-0.2, 0) is 28.6 Å². The normalized spacial score (nSPS) is 13.3. The maximum absolute atomic E-state index is 12.6. The van der Waals surface area contributed by atoms with Crippen LogP contribution >= 0.6 is 0 Å². The molecule has 1 atom stereocenters. The predicted octanol–water partition coefficient (Wildman–Crippen LogP) is 13.8. The lowest BCUT2D eigenvalue weighted by molar-refractivity contribution is -0.167. The Hall–Kier alpha value is -4.19. The van der Waals surface area contributed by atoms with E-state index in [-0.39, 0.29) is 37.5 Å². The number of hydrogen-bond donors (Lipinski definition) is 0. The van der Waals surface area contributed by atoms with E-state index < -0.39 is 6.10 Å². The van der Waals surface area contributed by atoms with Crippen molar-refractivity contribution in [3.8, 4) is 0 Å². The fraction of sp³-hybridized carbons (Fsp3) is 0.540. The first-order valence-electron chi connectivity index (χ1n) is 21.6. The van der Waals surface area contributed by atoms with Crippen molar-refractivity contribution in [2.75, 3.05) is 13.2 Å². The molecule has 0 aromatic rings. The molecule has 0 saturated carbocycles.